The number of Topliss-reactive ketones (excluding diaryl/α,β-unsaturated/α-hetero) is 1. The van der Waals surface area contributed by atoms with E-state index in [0.717, 1.165) is 7.57 Å². The number of carbonyl (C=O) groups is 1. The van der Waals surface area contributed by atoms with Crippen molar-refractivity contribution in [2.45, 2.75) is 0 Å². The van der Waals surface area contributed by atoms with Gasteiger partial charge in [-0.3, -0.25) is 9.69 Å². The van der Waals surface area contributed by atoms with Gasteiger partial charge < -0.3 is 0 Å². The van der Waals surface area contributed by atoms with E-state index in [1.54, 1.807) is 6.07 Å². The van der Waals surface area contributed by atoms with Crippen LogP contribution in [-0.2, 0) is 9.84 Å². The molecule has 0 spiro atoms. The summed E-state index contributed by atoms with van der Waals surface area (Å²) in [4.78, 5) is 14.0. The molecule has 0 unspecified atom stereocenters. The molecule has 2 heterocycles. The second-order valence-electron chi connectivity index (χ2n) is 4.09. The number of thiophene rings is 1. The SMILES string of the molecule is O=C(CN1CCS(=O)(=O)CC1)c1cc(Br)sc1Br. The largest absolute Gasteiger partial charge is 0.294 e. The Morgan fingerprint density at radius 1 is 1.33 bits per heavy atom. The van der Waals surface area contributed by atoms with Crippen LogP contribution in [0, 0.1) is 0 Å². The molecule has 1 aromatic rings. The summed E-state index contributed by atoms with van der Waals surface area (Å²) >= 11 is 8.15. The third-order valence-electron chi connectivity index (χ3n) is 2.76. The molecular weight excluding hydrogens is 406 g/mol. The van der Waals surface area contributed by atoms with Crippen LogP contribution in [0.25, 0.3) is 0 Å². The number of rotatable bonds is 3. The standard InChI is InChI=1S/C10H11Br2NO3S2/c11-9-5-7(10(12)17-9)8(14)6-13-1-3-18(15,16)4-2-13/h5H,1-4,6H2. The van der Waals surface area contributed by atoms with Crippen LogP contribution in [-0.4, -0.2) is 50.2 Å². The maximum absolute atomic E-state index is 12.1. The lowest BCUT2D eigenvalue weighted by molar-refractivity contribution is 0.0935. The Hall–Kier alpha value is 0.240. The molecule has 4 nitrogen and oxygen atoms in total. The van der Waals surface area contributed by atoms with Gasteiger partial charge in [0.05, 0.1) is 25.6 Å². The lowest BCUT2D eigenvalue weighted by Gasteiger charge is -2.25. The van der Waals surface area contributed by atoms with Gasteiger partial charge in [0.1, 0.15) is 0 Å². The van der Waals surface area contributed by atoms with Gasteiger partial charge in [0.25, 0.3) is 0 Å². The number of nitrogens with zero attached hydrogens (tertiary/aromatic N) is 1. The highest BCUT2D eigenvalue weighted by atomic mass is 79.9. The lowest BCUT2D eigenvalue weighted by atomic mass is 10.2. The van der Waals surface area contributed by atoms with E-state index in [0.29, 0.717) is 18.7 Å². The Bertz CT molecular complexity index is 554. The predicted octanol–water partition coefficient (Wildman–Crippen LogP) is 2.19. The minimum atomic E-state index is -2.89. The first-order chi connectivity index (χ1) is 8.37. The highest BCUT2D eigenvalue weighted by Crippen LogP contribution is 2.32. The quantitative estimate of drug-likeness (QED) is 0.708. The summed E-state index contributed by atoms with van der Waals surface area (Å²) < 4.78 is 24.3. The van der Waals surface area contributed by atoms with Crippen LogP contribution < -0.4 is 0 Å². The van der Waals surface area contributed by atoms with Gasteiger partial charge in [-0.1, -0.05) is 0 Å². The number of carbonyl (C=O) groups excluding carboxylic acids is 1. The molecule has 0 saturated carbocycles. The van der Waals surface area contributed by atoms with Gasteiger partial charge in [-0.2, -0.15) is 0 Å². The van der Waals surface area contributed by atoms with Crippen molar-refractivity contribution in [1.29, 1.82) is 0 Å². The summed E-state index contributed by atoms with van der Waals surface area (Å²) in [5.74, 6) is 0.312. The molecule has 1 aliphatic rings. The van der Waals surface area contributed by atoms with E-state index in [2.05, 4.69) is 31.9 Å². The highest BCUT2D eigenvalue weighted by molar-refractivity contribution is 9.12. The van der Waals surface area contributed by atoms with Gasteiger partial charge in [-0.25, -0.2) is 8.42 Å². The first-order valence-corrected chi connectivity index (χ1v) is 9.50. The van der Waals surface area contributed by atoms with E-state index in [9.17, 15) is 13.2 Å². The van der Waals surface area contributed by atoms with Crippen molar-refractivity contribution < 1.29 is 13.2 Å². The van der Waals surface area contributed by atoms with Gasteiger partial charge in [0.2, 0.25) is 0 Å². The van der Waals surface area contributed by atoms with Crippen LogP contribution in [0.5, 0.6) is 0 Å². The van der Waals surface area contributed by atoms with Crippen molar-refractivity contribution in [2.75, 3.05) is 31.1 Å². The molecule has 2 rings (SSSR count). The van der Waals surface area contributed by atoms with Crippen molar-refractivity contribution in [1.82, 2.24) is 4.90 Å². The zero-order chi connectivity index (χ0) is 13.3. The second kappa shape index (κ2) is 5.70. The van der Waals surface area contributed by atoms with Gasteiger partial charge in [-0.05, 0) is 37.9 Å². The van der Waals surface area contributed by atoms with E-state index in [1.165, 1.54) is 11.3 Å². The Morgan fingerprint density at radius 3 is 2.44 bits per heavy atom. The van der Waals surface area contributed by atoms with Crippen molar-refractivity contribution in [2.24, 2.45) is 0 Å². The molecule has 0 bridgehead atoms. The molecule has 0 aromatic carbocycles. The molecule has 1 saturated heterocycles. The lowest BCUT2D eigenvalue weighted by Crippen LogP contribution is -2.42. The number of hydrogen-bond acceptors (Lipinski definition) is 5. The third kappa shape index (κ3) is 3.63. The summed E-state index contributed by atoms with van der Waals surface area (Å²) in [7, 11) is -2.89. The molecule has 0 atom stereocenters. The minimum Gasteiger partial charge on any atom is -0.294 e. The number of sulfone groups is 1. The summed E-state index contributed by atoms with van der Waals surface area (Å²) in [6.45, 7) is 1.16. The smallest absolute Gasteiger partial charge is 0.178 e. The highest BCUT2D eigenvalue weighted by Gasteiger charge is 2.24. The predicted molar refractivity (Wildman–Crippen MR) is 79.1 cm³/mol. The van der Waals surface area contributed by atoms with Crippen LogP contribution >= 0.6 is 43.2 Å². The summed E-state index contributed by atoms with van der Waals surface area (Å²) in [5.41, 5.74) is 0.653. The van der Waals surface area contributed by atoms with Crippen molar-refractivity contribution in [3.63, 3.8) is 0 Å². The summed E-state index contributed by atoms with van der Waals surface area (Å²) in [5, 5.41) is 0. The molecular formula is C10H11Br2NO3S2. The van der Waals surface area contributed by atoms with E-state index >= 15 is 0 Å². The minimum absolute atomic E-state index is 0.0168. The molecule has 1 aromatic heterocycles. The fourth-order valence-corrected chi connectivity index (χ4v) is 5.86. The van der Waals surface area contributed by atoms with Crippen molar-refractivity contribution in [3.05, 3.63) is 19.2 Å². The Balaban J connectivity index is 1.99. The third-order valence-corrected chi connectivity index (χ3v) is 6.71. The molecule has 8 heteroatoms. The Kier molecular flexibility index (Phi) is 4.64. The number of hydrogen-bond donors (Lipinski definition) is 0. The van der Waals surface area contributed by atoms with Crippen LogP contribution in [0.1, 0.15) is 10.4 Å². The van der Waals surface area contributed by atoms with Crippen LogP contribution in [0.15, 0.2) is 13.6 Å². The molecule has 0 amide bonds. The number of halogens is 2. The average molecular weight is 417 g/mol. The molecule has 1 fully saturated rings. The topological polar surface area (TPSA) is 54.5 Å². The van der Waals surface area contributed by atoms with E-state index in [-0.39, 0.29) is 23.8 Å². The number of ketones is 1. The van der Waals surface area contributed by atoms with Gasteiger partial charge in [0.15, 0.2) is 15.6 Å². The Labute approximate surface area is 127 Å². The van der Waals surface area contributed by atoms with Gasteiger partial charge in [0, 0.05) is 18.7 Å². The second-order valence-corrected chi connectivity index (χ2v) is 10.1. The Morgan fingerprint density at radius 2 is 1.94 bits per heavy atom. The molecule has 0 aliphatic carbocycles. The zero-order valence-corrected chi connectivity index (χ0v) is 14.2. The first kappa shape index (κ1) is 14.6. The van der Waals surface area contributed by atoms with Crippen LogP contribution in [0.4, 0.5) is 0 Å². The molecule has 0 N–H and O–H groups in total. The van der Waals surface area contributed by atoms with E-state index in [1.807, 2.05) is 4.90 Å². The van der Waals surface area contributed by atoms with Gasteiger partial charge >= 0.3 is 0 Å². The summed E-state index contributed by atoms with van der Waals surface area (Å²) in [6, 6.07) is 1.79. The van der Waals surface area contributed by atoms with Crippen LogP contribution in [0.2, 0.25) is 0 Å². The molecule has 1 aliphatic heterocycles. The fourth-order valence-electron chi connectivity index (χ4n) is 1.73. The van der Waals surface area contributed by atoms with Gasteiger partial charge in [-0.15, -0.1) is 11.3 Å². The van der Waals surface area contributed by atoms with E-state index in [4.69, 9.17) is 0 Å². The average Bonchev–Trinajstić information content (AvgIpc) is 2.61. The molecule has 0 radical (unpaired) electrons. The maximum Gasteiger partial charge on any atom is 0.178 e. The van der Waals surface area contributed by atoms with Crippen molar-refractivity contribution in [3.8, 4) is 0 Å². The van der Waals surface area contributed by atoms with Crippen LogP contribution in [0.3, 0.4) is 0 Å². The molecule has 100 valence electrons. The zero-order valence-electron chi connectivity index (χ0n) is 9.36. The maximum atomic E-state index is 12.1. The first-order valence-electron chi connectivity index (χ1n) is 5.28. The molecule has 18 heavy (non-hydrogen) atoms. The normalized spacial score (nSPS) is 19.9. The van der Waals surface area contributed by atoms with Crippen molar-refractivity contribution >= 4 is 58.8 Å². The summed E-state index contributed by atoms with van der Waals surface area (Å²) in [6.07, 6.45) is 0. The van der Waals surface area contributed by atoms with E-state index < -0.39 is 9.84 Å². The fraction of sp³-hybridized carbons (Fsp3) is 0.500. The monoisotopic (exact) mass is 415 g/mol.